The molecule has 6 aromatic rings. The molecule has 3 aromatic carbocycles. The number of fused-ring (bicyclic) bond motifs is 3. The number of carbonyl (C=O) groups is 2. The van der Waals surface area contributed by atoms with Crippen LogP contribution in [-0.2, 0) is 10.2 Å². The summed E-state index contributed by atoms with van der Waals surface area (Å²) in [7, 11) is 0. The van der Waals surface area contributed by atoms with E-state index in [4.69, 9.17) is 14.6 Å². The van der Waals surface area contributed by atoms with Crippen LogP contribution in [0.3, 0.4) is 0 Å². The average Bonchev–Trinajstić information content (AvgIpc) is 3.80. The van der Waals surface area contributed by atoms with Crippen LogP contribution in [0.4, 0.5) is 16.3 Å². The van der Waals surface area contributed by atoms with E-state index >= 15 is 0 Å². The Morgan fingerprint density at radius 2 is 1.68 bits per heavy atom. The van der Waals surface area contributed by atoms with Crippen LogP contribution in [0.1, 0.15) is 42.5 Å². The lowest BCUT2D eigenvalue weighted by atomic mass is 9.92. The third-order valence-electron chi connectivity index (χ3n) is 8.46. The Labute approximate surface area is 294 Å². The average molecular weight is 693 g/mol. The number of anilines is 2. The number of nitrogens with one attached hydrogen (secondary N) is 3. The molecule has 7 rings (SSSR count). The summed E-state index contributed by atoms with van der Waals surface area (Å²) in [5.41, 5.74) is 4.56. The van der Waals surface area contributed by atoms with Crippen LogP contribution in [0.25, 0.3) is 20.9 Å². The molecule has 1 aliphatic rings. The van der Waals surface area contributed by atoms with Crippen molar-refractivity contribution < 1.29 is 19.1 Å². The molecule has 0 aliphatic carbocycles. The van der Waals surface area contributed by atoms with Gasteiger partial charge < -0.3 is 20.1 Å². The van der Waals surface area contributed by atoms with Crippen molar-refractivity contribution in [2.45, 2.75) is 33.1 Å². The zero-order valence-corrected chi connectivity index (χ0v) is 29.3. The molecule has 0 unspecified atom stereocenters. The fourth-order valence-corrected chi connectivity index (χ4v) is 6.62. The topological polar surface area (TPSA) is 127 Å². The Morgan fingerprint density at radius 1 is 0.940 bits per heavy atom. The molecule has 3 N–H and O–H groups in total. The van der Waals surface area contributed by atoms with Gasteiger partial charge in [0, 0.05) is 55.6 Å². The van der Waals surface area contributed by atoms with E-state index in [1.807, 2.05) is 59.9 Å². The van der Waals surface area contributed by atoms with Crippen LogP contribution in [0.5, 0.6) is 11.5 Å². The van der Waals surface area contributed by atoms with Gasteiger partial charge in [-0.15, -0.1) is 0 Å². The van der Waals surface area contributed by atoms with Gasteiger partial charge in [0.2, 0.25) is 0 Å². The van der Waals surface area contributed by atoms with Crippen LogP contribution in [0.15, 0.2) is 79.0 Å². The molecular weight excluding hydrogens is 653 g/mol. The molecule has 0 saturated carbocycles. The maximum absolute atomic E-state index is 13.1. The number of rotatable bonds is 9. The van der Waals surface area contributed by atoms with Gasteiger partial charge in [-0.1, -0.05) is 49.8 Å². The molecular formula is C37H40N8O4S. The minimum Gasteiger partial charge on any atom is -0.457 e. The number of hydrogen-bond acceptors (Lipinski definition) is 8. The quantitative estimate of drug-likeness (QED) is 0.152. The van der Waals surface area contributed by atoms with Crippen LogP contribution in [-0.4, -0.2) is 75.4 Å². The van der Waals surface area contributed by atoms with E-state index in [0.29, 0.717) is 35.2 Å². The third kappa shape index (κ3) is 7.49. The van der Waals surface area contributed by atoms with Gasteiger partial charge in [0.1, 0.15) is 23.0 Å². The fraction of sp³-hybridized carbons (Fsp3) is 0.297. The van der Waals surface area contributed by atoms with Crippen molar-refractivity contribution in [1.29, 1.82) is 0 Å². The molecule has 0 radical (unpaired) electrons. The summed E-state index contributed by atoms with van der Waals surface area (Å²) in [6.07, 6.45) is 1.77. The normalized spacial score (nSPS) is 13.8. The summed E-state index contributed by atoms with van der Waals surface area (Å²) >= 11 is 1.51. The highest BCUT2D eigenvalue weighted by Crippen LogP contribution is 2.32. The highest BCUT2D eigenvalue weighted by molar-refractivity contribution is 7.23. The standard InChI is InChI=1S/C37H40N8O4S/c1-24-5-9-26(10-6-24)45-33(22-32(42-45)37(2,3)4)41-35(47)39-25-7-11-27(12-8-25)49-28-13-14-31-30(21-28)44-23-29(40-36(44)50-31)34(46)38-15-16-43-17-19-48-20-18-43/h5-14,21-23H,15-20H2,1-4H3,(H,38,46)(H2,39,41,47). The molecule has 4 heterocycles. The maximum atomic E-state index is 13.1. The number of amides is 3. The van der Waals surface area contributed by atoms with Gasteiger partial charge in [-0.25, -0.2) is 14.5 Å². The molecule has 0 bridgehead atoms. The van der Waals surface area contributed by atoms with E-state index in [-0.39, 0.29) is 17.4 Å². The van der Waals surface area contributed by atoms with Gasteiger partial charge in [0.25, 0.3) is 5.91 Å². The van der Waals surface area contributed by atoms with Gasteiger partial charge in [0.15, 0.2) is 4.96 Å². The Hall–Kier alpha value is -5.24. The van der Waals surface area contributed by atoms with Crippen molar-refractivity contribution in [3.8, 4) is 17.2 Å². The Morgan fingerprint density at radius 3 is 2.42 bits per heavy atom. The highest BCUT2D eigenvalue weighted by atomic mass is 32.1. The molecule has 50 heavy (non-hydrogen) atoms. The van der Waals surface area contributed by atoms with Crippen LogP contribution in [0, 0.1) is 6.92 Å². The van der Waals surface area contributed by atoms with E-state index in [1.165, 1.54) is 11.3 Å². The van der Waals surface area contributed by atoms with E-state index < -0.39 is 0 Å². The lowest BCUT2D eigenvalue weighted by molar-refractivity contribution is 0.0383. The zero-order chi connectivity index (χ0) is 34.8. The second kappa shape index (κ2) is 13.9. The summed E-state index contributed by atoms with van der Waals surface area (Å²) in [5, 5.41) is 13.6. The predicted molar refractivity (Wildman–Crippen MR) is 196 cm³/mol. The number of imidazole rings is 1. The van der Waals surface area contributed by atoms with Gasteiger partial charge in [-0.2, -0.15) is 5.10 Å². The number of nitrogens with zero attached hydrogens (tertiary/aromatic N) is 5. The summed E-state index contributed by atoms with van der Waals surface area (Å²) in [6, 6.07) is 22.5. The molecule has 1 fully saturated rings. The second-order valence-electron chi connectivity index (χ2n) is 13.3. The van der Waals surface area contributed by atoms with E-state index in [2.05, 4.69) is 46.6 Å². The van der Waals surface area contributed by atoms with Gasteiger partial charge in [-0.05, 0) is 55.5 Å². The van der Waals surface area contributed by atoms with Crippen molar-refractivity contribution >= 4 is 50.0 Å². The predicted octanol–water partition coefficient (Wildman–Crippen LogP) is 6.84. The number of benzene rings is 3. The van der Waals surface area contributed by atoms with Crippen molar-refractivity contribution in [3.63, 3.8) is 0 Å². The van der Waals surface area contributed by atoms with Gasteiger partial charge in [-0.3, -0.25) is 19.4 Å². The molecule has 1 aliphatic heterocycles. The first kappa shape index (κ1) is 33.3. The largest absolute Gasteiger partial charge is 0.457 e. The third-order valence-corrected chi connectivity index (χ3v) is 9.50. The summed E-state index contributed by atoms with van der Waals surface area (Å²) in [5.74, 6) is 1.63. The smallest absolute Gasteiger partial charge is 0.324 e. The first-order valence-corrected chi connectivity index (χ1v) is 17.4. The number of carbonyl (C=O) groups excluding carboxylic acids is 2. The van der Waals surface area contributed by atoms with Crippen molar-refractivity contribution in [3.05, 3.63) is 95.9 Å². The molecule has 1 saturated heterocycles. The molecule has 3 amide bonds. The number of aryl methyl sites for hydroxylation is 1. The lowest BCUT2D eigenvalue weighted by Crippen LogP contribution is -2.41. The highest BCUT2D eigenvalue weighted by Gasteiger charge is 2.22. The van der Waals surface area contributed by atoms with Crippen LogP contribution < -0.4 is 20.7 Å². The fourth-order valence-electron chi connectivity index (χ4n) is 5.63. The zero-order valence-electron chi connectivity index (χ0n) is 28.5. The number of ether oxygens (including phenoxy) is 2. The Kier molecular flexibility index (Phi) is 9.27. The molecule has 12 nitrogen and oxygen atoms in total. The maximum Gasteiger partial charge on any atom is 0.324 e. The SMILES string of the molecule is Cc1ccc(-n2nc(C(C)(C)C)cc2NC(=O)Nc2ccc(Oc3ccc4sc5nc(C(=O)NCCN6CCOCC6)cn5c4c3)cc2)cc1. The number of morpholine rings is 1. The number of urea groups is 1. The first-order chi connectivity index (χ1) is 24.1. The minimum atomic E-state index is -0.384. The minimum absolute atomic E-state index is 0.191. The summed E-state index contributed by atoms with van der Waals surface area (Å²) in [4.78, 5) is 33.5. The molecule has 0 spiro atoms. The first-order valence-electron chi connectivity index (χ1n) is 16.6. The van der Waals surface area contributed by atoms with Crippen molar-refractivity contribution in [1.82, 2.24) is 29.4 Å². The van der Waals surface area contributed by atoms with Crippen molar-refractivity contribution in [2.24, 2.45) is 0 Å². The Balaban J connectivity index is 0.988. The van der Waals surface area contributed by atoms with E-state index in [9.17, 15) is 9.59 Å². The van der Waals surface area contributed by atoms with Gasteiger partial charge >= 0.3 is 6.03 Å². The van der Waals surface area contributed by atoms with Crippen LogP contribution in [0.2, 0.25) is 0 Å². The molecule has 0 atom stereocenters. The number of hydrogen-bond donors (Lipinski definition) is 3. The summed E-state index contributed by atoms with van der Waals surface area (Å²) in [6.45, 7) is 12.9. The summed E-state index contributed by atoms with van der Waals surface area (Å²) < 4.78 is 16.3. The monoisotopic (exact) mass is 692 g/mol. The van der Waals surface area contributed by atoms with Crippen LogP contribution >= 0.6 is 11.3 Å². The van der Waals surface area contributed by atoms with Crippen molar-refractivity contribution in [2.75, 3.05) is 50.0 Å². The van der Waals surface area contributed by atoms with Gasteiger partial charge in [0.05, 0.1) is 34.8 Å². The molecule has 3 aromatic heterocycles. The Bertz CT molecular complexity index is 2140. The van der Waals surface area contributed by atoms with E-state index in [1.54, 1.807) is 35.1 Å². The molecule has 258 valence electrons. The van der Waals surface area contributed by atoms with E-state index in [0.717, 1.165) is 65.0 Å². The molecule has 13 heteroatoms. The second-order valence-corrected chi connectivity index (χ2v) is 14.3. The lowest BCUT2D eigenvalue weighted by Gasteiger charge is -2.26. The number of aromatic nitrogens is 4. The number of thiazole rings is 1.